The highest BCUT2D eigenvalue weighted by atomic mass is 16.6. The summed E-state index contributed by atoms with van der Waals surface area (Å²) >= 11 is 0. The summed E-state index contributed by atoms with van der Waals surface area (Å²) in [6.07, 6.45) is 0. The predicted octanol–water partition coefficient (Wildman–Crippen LogP) is 2.92. The van der Waals surface area contributed by atoms with Gasteiger partial charge in [-0.3, -0.25) is 10.1 Å². The molecule has 23 heavy (non-hydrogen) atoms. The van der Waals surface area contributed by atoms with Gasteiger partial charge < -0.3 is 5.11 Å². The number of hydrogen-bond acceptors (Lipinski definition) is 5. The summed E-state index contributed by atoms with van der Waals surface area (Å²) in [7, 11) is 0. The molecule has 7 nitrogen and oxygen atoms in total. The van der Waals surface area contributed by atoms with Crippen LogP contribution in [0.5, 0.6) is 5.75 Å². The van der Waals surface area contributed by atoms with Crippen LogP contribution in [0.15, 0.2) is 64.8 Å². The maximum Gasteiger partial charge on any atom is 0.348 e. The molecular weight excluding hydrogens is 296 g/mol. The van der Waals surface area contributed by atoms with Crippen molar-refractivity contribution in [2.75, 3.05) is 0 Å². The fourth-order valence-corrected chi connectivity index (χ4v) is 2.19. The summed E-state index contributed by atoms with van der Waals surface area (Å²) in [5, 5.41) is 31.6. The van der Waals surface area contributed by atoms with E-state index in [9.17, 15) is 15.2 Å². The first-order valence-corrected chi connectivity index (χ1v) is 6.87. The molecule has 0 spiro atoms. The lowest BCUT2D eigenvalue weighted by atomic mass is 10.2. The molecule has 0 bridgehead atoms. The number of rotatable bonds is 4. The Hall–Kier alpha value is -3.35. The third kappa shape index (κ3) is 3.13. The minimum Gasteiger partial charge on any atom is -0.868 e. The fourth-order valence-electron chi connectivity index (χ4n) is 2.19. The zero-order valence-corrected chi connectivity index (χ0v) is 12.0. The lowest BCUT2D eigenvalue weighted by Crippen LogP contribution is -2.03. The lowest BCUT2D eigenvalue weighted by molar-refractivity contribution is -0.398. The van der Waals surface area contributed by atoms with Gasteiger partial charge >= 0.3 is 5.82 Å². The number of aromatic nitrogens is 1. The van der Waals surface area contributed by atoms with Gasteiger partial charge in [0.25, 0.3) is 5.69 Å². The molecule has 3 aromatic rings. The van der Waals surface area contributed by atoms with Crippen LogP contribution in [0.3, 0.4) is 0 Å². The number of nitro groups is 1. The Morgan fingerprint density at radius 2 is 1.87 bits per heavy atom. The largest absolute Gasteiger partial charge is 0.868 e. The molecule has 0 amide bonds. The number of aromatic amines is 1. The summed E-state index contributed by atoms with van der Waals surface area (Å²) in [5.74, 6) is -0.0829. The molecule has 2 aromatic carbocycles. The maximum absolute atomic E-state index is 11.9. The van der Waals surface area contributed by atoms with Crippen molar-refractivity contribution in [3.05, 3.63) is 70.3 Å². The average molecular weight is 308 g/mol. The van der Waals surface area contributed by atoms with Gasteiger partial charge in [0, 0.05) is 17.5 Å². The molecule has 0 saturated heterocycles. The maximum atomic E-state index is 11.9. The van der Waals surface area contributed by atoms with E-state index in [0.29, 0.717) is 5.82 Å². The molecule has 0 aliphatic rings. The van der Waals surface area contributed by atoms with Gasteiger partial charge in [0.1, 0.15) is 12.1 Å². The van der Waals surface area contributed by atoms with Gasteiger partial charge in [-0.15, -0.1) is 0 Å². The Morgan fingerprint density at radius 1 is 1.04 bits per heavy atom. The molecule has 0 atom stereocenters. The number of pyridine rings is 1. The van der Waals surface area contributed by atoms with Gasteiger partial charge in [-0.2, -0.15) is 0 Å². The third-order valence-corrected chi connectivity index (χ3v) is 3.34. The van der Waals surface area contributed by atoms with Crippen LogP contribution in [-0.4, -0.2) is 4.92 Å². The van der Waals surface area contributed by atoms with Gasteiger partial charge in [0.05, 0.1) is 10.0 Å². The lowest BCUT2D eigenvalue weighted by Gasteiger charge is -2.10. The Labute approximate surface area is 131 Å². The predicted molar refractivity (Wildman–Crippen MR) is 81.3 cm³/mol. The number of fused-ring (bicyclic) bond motifs is 1. The van der Waals surface area contributed by atoms with Crippen molar-refractivity contribution in [3.63, 3.8) is 0 Å². The number of nitrogens with zero attached hydrogens (tertiary/aromatic N) is 3. The molecule has 1 heterocycles. The van der Waals surface area contributed by atoms with Crippen molar-refractivity contribution < 1.29 is 15.0 Å². The van der Waals surface area contributed by atoms with Crippen LogP contribution in [0.4, 0.5) is 11.5 Å². The summed E-state index contributed by atoms with van der Waals surface area (Å²) < 4.78 is 0. The Kier molecular flexibility index (Phi) is 3.92. The SMILES string of the molecule is O=[N+]([O-])c1cccc(CN=Nc2ccc3ccccc3[nH+]2)c1[O-]. The van der Waals surface area contributed by atoms with Crippen LogP contribution in [0.25, 0.3) is 10.9 Å². The van der Waals surface area contributed by atoms with E-state index >= 15 is 0 Å². The van der Waals surface area contributed by atoms with E-state index in [2.05, 4.69) is 15.2 Å². The molecule has 3 rings (SSSR count). The Bertz CT molecular complexity index is 909. The van der Waals surface area contributed by atoms with Crippen LogP contribution in [-0.2, 0) is 6.54 Å². The van der Waals surface area contributed by atoms with E-state index in [-0.39, 0.29) is 12.1 Å². The van der Waals surface area contributed by atoms with Crippen molar-refractivity contribution in [1.82, 2.24) is 0 Å². The zero-order valence-electron chi connectivity index (χ0n) is 12.0. The number of para-hydroxylation sites is 2. The normalized spacial score (nSPS) is 11.1. The molecule has 0 aliphatic carbocycles. The molecule has 0 unspecified atom stereocenters. The monoisotopic (exact) mass is 308 g/mol. The topological polar surface area (TPSA) is 105 Å². The number of benzene rings is 2. The molecule has 0 radical (unpaired) electrons. The van der Waals surface area contributed by atoms with Gasteiger partial charge in [-0.05, 0) is 23.4 Å². The second-order valence-electron chi connectivity index (χ2n) is 4.85. The first-order chi connectivity index (χ1) is 11.1. The molecule has 1 N–H and O–H groups in total. The minimum atomic E-state index is -0.694. The molecular formula is C16H12N4O3. The van der Waals surface area contributed by atoms with E-state index in [4.69, 9.17) is 0 Å². The van der Waals surface area contributed by atoms with Crippen LogP contribution in [0, 0.1) is 10.1 Å². The summed E-state index contributed by atoms with van der Waals surface area (Å²) in [5.41, 5.74) is 0.711. The van der Waals surface area contributed by atoms with E-state index in [1.54, 1.807) is 6.07 Å². The van der Waals surface area contributed by atoms with Crippen LogP contribution in [0.1, 0.15) is 5.56 Å². The highest BCUT2D eigenvalue weighted by molar-refractivity contribution is 5.75. The Balaban J connectivity index is 1.80. The first-order valence-electron chi connectivity index (χ1n) is 6.87. The van der Waals surface area contributed by atoms with Gasteiger partial charge in [0.15, 0.2) is 0 Å². The average Bonchev–Trinajstić information content (AvgIpc) is 2.56. The van der Waals surface area contributed by atoms with Gasteiger partial charge in [-0.25, -0.2) is 4.98 Å². The van der Waals surface area contributed by atoms with Crippen molar-refractivity contribution in [3.8, 4) is 5.75 Å². The van der Waals surface area contributed by atoms with Gasteiger partial charge in [0.2, 0.25) is 0 Å². The van der Waals surface area contributed by atoms with Crippen LogP contribution >= 0.6 is 0 Å². The summed E-state index contributed by atoms with van der Waals surface area (Å²) in [4.78, 5) is 13.2. The van der Waals surface area contributed by atoms with Crippen molar-refractivity contribution in [2.45, 2.75) is 6.54 Å². The van der Waals surface area contributed by atoms with Gasteiger partial charge in [-0.1, -0.05) is 35.4 Å². The van der Waals surface area contributed by atoms with E-state index in [1.807, 2.05) is 30.3 Å². The smallest absolute Gasteiger partial charge is 0.348 e. The third-order valence-electron chi connectivity index (χ3n) is 3.34. The fraction of sp³-hybridized carbons (Fsp3) is 0.0625. The van der Waals surface area contributed by atoms with Crippen molar-refractivity contribution in [2.24, 2.45) is 10.2 Å². The molecule has 0 saturated carbocycles. The molecule has 114 valence electrons. The number of nitrogens with one attached hydrogen (secondary N) is 1. The first kappa shape index (κ1) is 14.6. The molecule has 0 aliphatic heterocycles. The second kappa shape index (κ2) is 6.18. The standard InChI is InChI=1S/C16H12N4O3/c21-16-12(5-3-7-14(16)20(22)23)10-17-19-15-9-8-11-4-1-2-6-13(11)18-15/h1-9,21H,10H2. The van der Waals surface area contributed by atoms with E-state index in [0.717, 1.165) is 10.9 Å². The second-order valence-corrected chi connectivity index (χ2v) is 4.85. The molecule has 7 heteroatoms. The molecule has 0 fully saturated rings. The zero-order chi connectivity index (χ0) is 16.2. The minimum absolute atomic E-state index is 0.0127. The van der Waals surface area contributed by atoms with E-state index in [1.165, 1.54) is 18.2 Å². The number of nitro benzene ring substituents is 1. The quantitative estimate of drug-likeness (QED) is 0.420. The highest BCUT2D eigenvalue weighted by Gasteiger charge is 2.10. The van der Waals surface area contributed by atoms with E-state index < -0.39 is 16.4 Å². The molecule has 1 aromatic heterocycles. The summed E-state index contributed by atoms with van der Waals surface area (Å²) in [6.45, 7) is -0.0127. The number of hydrogen-bond donors (Lipinski definition) is 0. The highest BCUT2D eigenvalue weighted by Crippen LogP contribution is 2.27. The van der Waals surface area contributed by atoms with Crippen molar-refractivity contribution >= 4 is 22.4 Å². The van der Waals surface area contributed by atoms with Crippen LogP contribution in [0.2, 0.25) is 0 Å². The summed E-state index contributed by atoms with van der Waals surface area (Å²) in [6, 6.07) is 15.6. The Morgan fingerprint density at radius 3 is 2.70 bits per heavy atom. The van der Waals surface area contributed by atoms with Crippen molar-refractivity contribution in [1.29, 1.82) is 0 Å². The number of azo groups is 1. The number of H-pyrrole nitrogens is 1. The van der Waals surface area contributed by atoms with Crippen LogP contribution < -0.4 is 10.1 Å².